The highest BCUT2D eigenvalue weighted by Gasteiger charge is 2.29. The van der Waals surface area contributed by atoms with Crippen molar-refractivity contribution in [2.75, 3.05) is 14.2 Å². The molecule has 0 bridgehead atoms. The summed E-state index contributed by atoms with van der Waals surface area (Å²) in [5.74, 6) is 7.74. The number of benzene rings is 3. The second-order valence-electron chi connectivity index (χ2n) is 5.95. The smallest absolute Gasteiger partial charge is 0.195 e. The van der Waals surface area contributed by atoms with Gasteiger partial charge in [-0.05, 0) is 59.7 Å². The van der Waals surface area contributed by atoms with E-state index in [0.29, 0.717) is 16.9 Å². The Morgan fingerprint density at radius 1 is 0.731 bits per heavy atom. The van der Waals surface area contributed by atoms with Crippen molar-refractivity contribution < 1.29 is 14.3 Å². The Labute approximate surface area is 152 Å². The molecule has 0 fully saturated rings. The molecule has 3 nitrogen and oxygen atoms in total. The van der Waals surface area contributed by atoms with Gasteiger partial charge in [-0.2, -0.15) is 0 Å². The molecule has 0 unspecified atom stereocenters. The first-order valence-electron chi connectivity index (χ1n) is 8.23. The Hall–Kier alpha value is -3.51. The number of rotatable bonds is 2. The van der Waals surface area contributed by atoms with Crippen molar-refractivity contribution in [3.05, 3.63) is 82.9 Å². The first-order chi connectivity index (χ1) is 12.7. The zero-order valence-electron chi connectivity index (χ0n) is 14.5. The molecule has 0 aliphatic heterocycles. The van der Waals surface area contributed by atoms with Crippen LogP contribution in [0.5, 0.6) is 11.5 Å². The molecule has 0 spiro atoms. The summed E-state index contributed by atoms with van der Waals surface area (Å²) in [6, 6.07) is 18.9. The van der Waals surface area contributed by atoms with E-state index in [4.69, 9.17) is 9.47 Å². The molecule has 0 atom stereocenters. The summed E-state index contributed by atoms with van der Waals surface area (Å²) in [5.41, 5.74) is 4.79. The van der Waals surface area contributed by atoms with Crippen molar-refractivity contribution in [2.45, 2.75) is 0 Å². The minimum atomic E-state index is -0.00599. The van der Waals surface area contributed by atoms with Gasteiger partial charge in [0, 0.05) is 22.3 Å². The minimum absolute atomic E-state index is 0.00599. The highest BCUT2D eigenvalue weighted by atomic mass is 16.5. The van der Waals surface area contributed by atoms with Gasteiger partial charge >= 0.3 is 0 Å². The molecule has 1 aliphatic rings. The Bertz CT molecular complexity index is 1070. The molecule has 3 aromatic rings. The van der Waals surface area contributed by atoms with Crippen LogP contribution in [0.25, 0.3) is 11.1 Å². The van der Waals surface area contributed by atoms with Crippen LogP contribution in [-0.2, 0) is 0 Å². The lowest BCUT2D eigenvalue weighted by atomic mass is 10.0. The summed E-state index contributed by atoms with van der Waals surface area (Å²) in [7, 11) is 3.23. The van der Waals surface area contributed by atoms with Crippen LogP contribution in [0.4, 0.5) is 0 Å². The molecule has 3 aromatic carbocycles. The molecule has 1 aliphatic carbocycles. The Balaban J connectivity index is 1.76. The lowest BCUT2D eigenvalue weighted by Crippen LogP contribution is -1.99. The van der Waals surface area contributed by atoms with Gasteiger partial charge in [-0.25, -0.2) is 0 Å². The maximum Gasteiger partial charge on any atom is 0.195 e. The van der Waals surface area contributed by atoms with Gasteiger partial charge in [0.25, 0.3) is 0 Å². The molecule has 126 valence electrons. The van der Waals surface area contributed by atoms with Gasteiger partial charge in [0.1, 0.15) is 11.5 Å². The number of carbonyl (C=O) groups is 1. The van der Waals surface area contributed by atoms with E-state index in [1.165, 1.54) is 0 Å². The quantitative estimate of drug-likeness (QED) is 0.510. The summed E-state index contributed by atoms with van der Waals surface area (Å²) in [4.78, 5) is 12.9. The number of carbonyl (C=O) groups excluding carboxylic acids is 1. The summed E-state index contributed by atoms with van der Waals surface area (Å²) in [6.45, 7) is 0. The van der Waals surface area contributed by atoms with Crippen LogP contribution in [0, 0.1) is 11.8 Å². The zero-order valence-corrected chi connectivity index (χ0v) is 14.5. The van der Waals surface area contributed by atoms with Crippen molar-refractivity contribution in [1.29, 1.82) is 0 Å². The number of ether oxygens (including phenoxy) is 2. The van der Waals surface area contributed by atoms with E-state index in [1.807, 2.05) is 54.6 Å². The van der Waals surface area contributed by atoms with E-state index < -0.39 is 0 Å². The van der Waals surface area contributed by atoms with Gasteiger partial charge in [-0.1, -0.05) is 24.0 Å². The lowest BCUT2D eigenvalue weighted by Gasteiger charge is -2.02. The number of fused-ring (bicyclic) bond motifs is 3. The highest BCUT2D eigenvalue weighted by Crippen LogP contribution is 2.39. The van der Waals surface area contributed by atoms with Gasteiger partial charge in [0.15, 0.2) is 5.78 Å². The third kappa shape index (κ3) is 2.62. The van der Waals surface area contributed by atoms with Crippen LogP contribution in [0.2, 0.25) is 0 Å². The van der Waals surface area contributed by atoms with Crippen molar-refractivity contribution in [2.24, 2.45) is 0 Å². The van der Waals surface area contributed by atoms with Crippen molar-refractivity contribution in [3.8, 4) is 34.5 Å². The molecular formula is C23H16O3. The predicted molar refractivity (Wildman–Crippen MR) is 101 cm³/mol. The molecule has 0 saturated heterocycles. The second-order valence-corrected chi connectivity index (χ2v) is 5.95. The third-order valence-electron chi connectivity index (χ3n) is 4.48. The normalized spacial score (nSPS) is 11.2. The molecule has 0 amide bonds. The fourth-order valence-electron chi connectivity index (χ4n) is 3.15. The fourth-order valence-corrected chi connectivity index (χ4v) is 3.15. The maximum absolute atomic E-state index is 12.9. The average Bonchev–Trinajstić information content (AvgIpc) is 2.99. The van der Waals surface area contributed by atoms with Gasteiger partial charge in [0.05, 0.1) is 14.2 Å². The first-order valence-corrected chi connectivity index (χ1v) is 8.23. The molecule has 4 rings (SSSR count). The first kappa shape index (κ1) is 16.0. The van der Waals surface area contributed by atoms with E-state index in [0.717, 1.165) is 28.0 Å². The molecule has 0 radical (unpaired) electrons. The Morgan fingerprint density at radius 3 is 2.19 bits per heavy atom. The summed E-state index contributed by atoms with van der Waals surface area (Å²) in [5, 5.41) is 0. The van der Waals surface area contributed by atoms with E-state index >= 15 is 0 Å². The summed E-state index contributed by atoms with van der Waals surface area (Å²) >= 11 is 0. The van der Waals surface area contributed by atoms with Crippen LogP contribution in [0.1, 0.15) is 27.0 Å². The maximum atomic E-state index is 12.9. The number of methoxy groups -OCH3 is 2. The van der Waals surface area contributed by atoms with Crippen LogP contribution in [0.3, 0.4) is 0 Å². The Morgan fingerprint density at radius 2 is 1.46 bits per heavy atom. The van der Waals surface area contributed by atoms with E-state index in [2.05, 4.69) is 11.8 Å². The van der Waals surface area contributed by atoms with Crippen LogP contribution in [-0.4, -0.2) is 20.0 Å². The summed E-state index contributed by atoms with van der Waals surface area (Å²) in [6.07, 6.45) is 0. The molecule has 3 heteroatoms. The van der Waals surface area contributed by atoms with Crippen LogP contribution >= 0.6 is 0 Å². The van der Waals surface area contributed by atoms with Crippen LogP contribution in [0.15, 0.2) is 60.7 Å². The highest BCUT2D eigenvalue weighted by molar-refractivity contribution is 6.23. The third-order valence-corrected chi connectivity index (χ3v) is 4.48. The van der Waals surface area contributed by atoms with E-state index in [1.54, 1.807) is 20.3 Å². The van der Waals surface area contributed by atoms with E-state index in [9.17, 15) is 4.79 Å². The van der Waals surface area contributed by atoms with Gasteiger partial charge < -0.3 is 9.47 Å². The number of hydrogen-bond acceptors (Lipinski definition) is 3. The molecule has 0 saturated carbocycles. The molecule has 0 heterocycles. The predicted octanol–water partition coefficient (Wildman–Crippen LogP) is 4.32. The second kappa shape index (κ2) is 6.42. The van der Waals surface area contributed by atoms with Gasteiger partial charge in [-0.3, -0.25) is 4.79 Å². The van der Waals surface area contributed by atoms with Crippen molar-refractivity contribution in [1.82, 2.24) is 0 Å². The topological polar surface area (TPSA) is 35.5 Å². The largest absolute Gasteiger partial charge is 0.497 e. The SMILES string of the molecule is COc1ccc(C#Cc2cccc3c2C(=O)c2cc(OC)ccc2-3)cc1. The fraction of sp³-hybridized carbons (Fsp3) is 0.0870. The Kier molecular flexibility index (Phi) is 3.95. The van der Waals surface area contributed by atoms with Crippen molar-refractivity contribution in [3.63, 3.8) is 0 Å². The summed E-state index contributed by atoms with van der Waals surface area (Å²) < 4.78 is 10.4. The van der Waals surface area contributed by atoms with E-state index in [-0.39, 0.29) is 5.78 Å². The molecule has 0 N–H and O–H groups in total. The standard InChI is InChI=1S/C23H16O3/c1-25-17-10-7-15(8-11-17)6-9-16-4-3-5-20-19-13-12-18(26-2)14-21(19)23(24)22(16)20/h3-5,7-8,10-14H,1-2H3. The molecular weight excluding hydrogens is 324 g/mol. The average molecular weight is 340 g/mol. The molecule has 26 heavy (non-hydrogen) atoms. The van der Waals surface area contributed by atoms with Gasteiger partial charge in [0.2, 0.25) is 0 Å². The van der Waals surface area contributed by atoms with Crippen LogP contribution < -0.4 is 9.47 Å². The monoisotopic (exact) mass is 340 g/mol. The van der Waals surface area contributed by atoms with Crippen molar-refractivity contribution >= 4 is 5.78 Å². The van der Waals surface area contributed by atoms with Gasteiger partial charge in [-0.15, -0.1) is 0 Å². The minimum Gasteiger partial charge on any atom is -0.497 e. The number of hydrogen-bond donors (Lipinski definition) is 0. The number of ketones is 1. The zero-order chi connectivity index (χ0) is 18.1. The molecule has 0 aromatic heterocycles. The lowest BCUT2D eigenvalue weighted by molar-refractivity contribution is 0.104.